The molecule has 1 aromatic rings. The molecule has 2 rings (SSSR count). The van der Waals surface area contributed by atoms with Gasteiger partial charge in [-0.15, -0.1) is 0 Å². The second-order valence-electron chi connectivity index (χ2n) is 2.13. The molecule has 0 atom stereocenters. The SMILES string of the molecule is [2H]c1c(Br)nn(C2([2H])C([2H])([2H])COCC2([2H])[2H])c1[2H]. The zero-order valence-electron chi connectivity index (χ0n) is 13.1. The average molecular weight is 238 g/mol. The molecule has 12 heavy (non-hydrogen) atoms. The molecule has 0 N–H and O–H groups in total. The Kier molecular flexibility index (Phi) is 1.02. The lowest BCUT2D eigenvalue weighted by Crippen LogP contribution is -2.19. The van der Waals surface area contributed by atoms with Gasteiger partial charge in [-0.3, -0.25) is 4.68 Å². The van der Waals surface area contributed by atoms with E-state index in [1.807, 2.05) is 0 Å². The first-order valence-electron chi connectivity index (χ1n) is 6.84. The number of aromatic nitrogens is 2. The summed E-state index contributed by atoms with van der Waals surface area (Å²) >= 11 is 2.93. The number of nitrogens with zero attached hydrogens (tertiary/aromatic N) is 2. The summed E-state index contributed by atoms with van der Waals surface area (Å²) in [6, 6.07) is -2.79. The Labute approximate surface area is 89.7 Å². The number of hydrogen-bond acceptors (Lipinski definition) is 2. The maximum atomic E-state index is 8.26. The molecule has 0 saturated carbocycles. The van der Waals surface area contributed by atoms with Gasteiger partial charge in [0, 0.05) is 24.9 Å². The maximum absolute atomic E-state index is 8.26. The predicted molar refractivity (Wildman–Crippen MR) is 49.0 cm³/mol. The third kappa shape index (κ3) is 1.69. The Morgan fingerprint density at radius 1 is 1.83 bits per heavy atom. The molecule has 66 valence electrons. The van der Waals surface area contributed by atoms with Crippen LogP contribution in [0.3, 0.4) is 0 Å². The van der Waals surface area contributed by atoms with E-state index in [4.69, 9.17) is 14.3 Å². The Morgan fingerprint density at radius 3 is 3.17 bits per heavy atom. The van der Waals surface area contributed by atoms with Gasteiger partial charge in [0.25, 0.3) is 0 Å². The van der Waals surface area contributed by atoms with Gasteiger partial charge in [-0.1, -0.05) is 0 Å². The van der Waals surface area contributed by atoms with Gasteiger partial charge in [0.2, 0.25) is 0 Å². The standard InChI is InChI=1S/C8H11BrN2O/c9-8-1-4-11(10-8)7-2-5-12-6-3-7/h1,4,7H,2-3,5-6H2/i1D,2D2,3D2,4D,7D. The third-order valence-electron chi connectivity index (χ3n) is 1.35. The second-order valence-corrected chi connectivity index (χ2v) is 2.89. The summed E-state index contributed by atoms with van der Waals surface area (Å²) in [6.45, 7) is -0.944. The van der Waals surface area contributed by atoms with Crippen LogP contribution in [0.5, 0.6) is 0 Å². The Balaban J connectivity index is 2.69. The lowest BCUT2D eigenvalue weighted by Gasteiger charge is -2.22. The monoisotopic (exact) mass is 237 g/mol. The first kappa shape index (κ1) is 3.42. The van der Waals surface area contributed by atoms with Gasteiger partial charge in [-0.2, -0.15) is 5.10 Å². The lowest BCUT2D eigenvalue weighted by molar-refractivity contribution is 0.0661. The number of hydrogen-bond donors (Lipinski definition) is 0. The number of ether oxygens (including phenoxy) is 1. The summed E-state index contributed by atoms with van der Waals surface area (Å²) in [5, 5.41) is 3.73. The molecule has 0 aliphatic carbocycles. The van der Waals surface area contributed by atoms with E-state index in [0.29, 0.717) is 4.68 Å². The first-order chi connectivity index (χ1) is 8.54. The first-order valence-corrected chi connectivity index (χ1v) is 4.14. The molecule has 4 heteroatoms. The number of rotatable bonds is 1. The van der Waals surface area contributed by atoms with E-state index in [-0.39, 0.29) is 10.6 Å². The van der Waals surface area contributed by atoms with Crippen molar-refractivity contribution in [1.82, 2.24) is 9.78 Å². The van der Waals surface area contributed by atoms with Crippen LogP contribution in [0.25, 0.3) is 0 Å². The van der Waals surface area contributed by atoms with Crippen LogP contribution in [-0.2, 0) is 4.74 Å². The van der Waals surface area contributed by atoms with Crippen molar-refractivity contribution >= 4 is 15.9 Å². The van der Waals surface area contributed by atoms with Crippen LogP contribution >= 0.6 is 15.9 Å². The van der Waals surface area contributed by atoms with Crippen molar-refractivity contribution in [1.29, 1.82) is 0 Å². The van der Waals surface area contributed by atoms with Gasteiger partial charge in [-0.05, 0) is 34.7 Å². The Hall–Kier alpha value is -0.350. The Bertz CT molecular complexity index is 501. The van der Waals surface area contributed by atoms with Crippen molar-refractivity contribution in [3.05, 3.63) is 16.8 Å². The van der Waals surface area contributed by atoms with E-state index in [0.717, 1.165) is 0 Å². The molecule has 0 bridgehead atoms. The summed E-state index contributed by atoms with van der Waals surface area (Å²) in [5.41, 5.74) is 0. The van der Waals surface area contributed by atoms with Gasteiger partial charge < -0.3 is 4.74 Å². The fourth-order valence-electron chi connectivity index (χ4n) is 0.845. The predicted octanol–water partition coefficient (Wildman–Crippen LogP) is 2.00. The molecule has 1 aromatic heterocycles. The topological polar surface area (TPSA) is 27.1 Å². The third-order valence-corrected chi connectivity index (χ3v) is 1.70. The van der Waals surface area contributed by atoms with Crippen molar-refractivity contribution < 1.29 is 14.3 Å². The van der Waals surface area contributed by atoms with Crippen LogP contribution in [0, 0.1) is 0 Å². The largest absolute Gasteiger partial charge is 0.381 e. The molecular formula is C8H11BrN2O. The minimum Gasteiger partial charge on any atom is -0.381 e. The molecular weight excluding hydrogens is 220 g/mol. The molecule has 0 aromatic carbocycles. The zero-order chi connectivity index (χ0) is 14.6. The molecule has 1 saturated heterocycles. The van der Waals surface area contributed by atoms with Crippen molar-refractivity contribution in [2.24, 2.45) is 0 Å². The fraction of sp³-hybridized carbons (Fsp3) is 0.625. The highest BCUT2D eigenvalue weighted by molar-refractivity contribution is 9.10. The summed E-state index contributed by atoms with van der Waals surface area (Å²) in [5.74, 6) is 0. The summed E-state index contributed by atoms with van der Waals surface area (Å²) in [7, 11) is 0. The summed E-state index contributed by atoms with van der Waals surface area (Å²) in [4.78, 5) is 0. The Morgan fingerprint density at radius 2 is 2.58 bits per heavy atom. The minimum absolute atomic E-state index is 0.0257. The molecule has 0 radical (unpaired) electrons. The molecule has 0 amide bonds. The normalized spacial score (nSPS) is 39.2. The van der Waals surface area contributed by atoms with Crippen LogP contribution in [0.4, 0.5) is 0 Å². The van der Waals surface area contributed by atoms with E-state index in [1.54, 1.807) is 0 Å². The van der Waals surface area contributed by atoms with Crippen molar-refractivity contribution in [3.63, 3.8) is 0 Å². The molecule has 1 fully saturated rings. The molecule has 0 unspecified atom stereocenters. The van der Waals surface area contributed by atoms with Gasteiger partial charge in [0.1, 0.15) is 4.60 Å². The second kappa shape index (κ2) is 3.58. The molecule has 2 heterocycles. The van der Waals surface area contributed by atoms with Gasteiger partial charge >= 0.3 is 0 Å². The average Bonchev–Trinajstić information content (AvgIpc) is 2.53. The molecule has 1 aliphatic rings. The van der Waals surface area contributed by atoms with Crippen LogP contribution in [0.15, 0.2) is 16.8 Å². The summed E-state index contributed by atoms with van der Waals surface area (Å²) < 4.78 is 60.4. The van der Waals surface area contributed by atoms with Gasteiger partial charge in [-0.25, -0.2) is 0 Å². The van der Waals surface area contributed by atoms with E-state index in [2.05, 4.69) is 21.0 Å². The smallest absolute Gasteiger partial charge is 0.128 e. The van der Waals surface area contributed by atoms with Gasteiger partial charge in [0.05, 0.1) is 10.1 Å². The van der Waals surface area contributed by atoms with E-state index in [1.165, 1.54) is 0 Å². The highest BCUT2D eigenvalue weighted by Crippen LogP contribution is 2.20. The van der Waals surface area contributed by atoms with Crippen molar-refractivity contribution in [2.45, 2.75) is 18.8 Å². The van der Waals surface area contributed by atoms with Crippen LogP contribution in [-0.4, -0.2) is 23.0 Å². The van der Waals surface area contributed by atoms with Crippen LogP contribution < -0.4 is 0 Å². The molecule has 1 aliphatic heterocycles. The van der Waals surface area contributed by atoms with Crippen LogP contribution in [0.1, 0.15) is 28.4 Å². The van der Waals surface area contributed by atoms with E-state index < -0.39 is 38.2 Å². The highest BCUT2D eigenvalue weighted by Gasteiger charge is 2.15. The van der Waals surface area contributed by atoms with E-state index >= 15 is 0 Å². The molecule has 3 nitrogen and oxygen atoms in total. The summed E-state index contributed by atoms with van der Waals surface area (Å²) in [6.07, 6.45) is -5.29. The fourth-order valence-corrected chi connectivity index (χ4v) is 1.09. The maximum Gasteiger partial charge on any atom is 0.128 e. The van der Waals surface area contributed by atoms with Crippen molar-refractivity contribution in [2.75, 3.05) is 13.2 Å². The van der Waals surface area contributed by atoms with E-state index in [9.17, 15) is 0 Å². The zero-order valence-corrected chi connectivity index (χ0v) is 7.68. The number of halogens is 1. The minimum atomic E-state index is -2.48. The quantitative estimate of drug-likeness (QED) is 0.748. The van der Waals surface area contributed by atoms with Gasteiger partial charge in [0.15, 0.2) is 0 Å². The highest BCUT2D eigenvalue weighted by atomic mass is 79.9. The van der Waals surface area contributed by atoms with Crippen molar-refractivity contribution in [3.8, 4) is 0 Å². The molecule has 0 spiro atoms. The lowest BCUT2D eigenvalue weighted by atomic mass is 10.1. The van der Waals surface area contributed by atoms with Crippen LogP contribution in [0.2, 0.25) is 0 Å².